The number of alkyl halides is 3. The van der Waals surface area contributed by atoms with Crippen LogP contribution in [0.25, 0.3) is 0 Å². The summed E-state index contributed by atoms with van der Waals surface area (Å²) < 4.78 is 43.5. The van der Waals surface area contributed by atoms with Gasteiger partial charge in [-0.2, -0.15) is 13.2 Å². The zero-order valence-electron chi connectivity index (χ0n) is 13.7. The zero-order valence-corrected chi connectivity index (χ0v) is 13.7. The number of aromatic nitrogens is 1. The monoisotopic (exact) mass is 349 g/mol. The van der Waals surface area contributed by atoms with Crippen LogP contribution >= 0.6 is 0 Å². The molecule has 0 radical (unpaired) electrons. The molecule has 0 aromatic carbocycles. The molecule has 0 aliphatic carbocycles. The third-order valence-electron chi connectivity index (χ3n) is 4.43. The average Bonchev–Trinajstić information content (AvgIpc) is 2.94. The van der Waals surface area contributed by atoms with Crippen LogP contribution in [-0.2, 0) is 19.4 Å². The summed E-state index contributed by atoms with van der Waals surface area (Å²) in [5.41, 5.74) is -1.13. The van der Waals surface area contributed by atoms with Crippen LogP contribution in [0.4, 0.5) is 18.0 Å². The fraction of sp³-hybridized carbons (Fsp3) is 0.733. The predicted molar refractivity (Wildman–Crippen MR) is 79.3 cm³/mol. The Bertz CT molecular complexity index is 557. The lowest BCUT2D eigenvalue weighted by Crippen LogP contribution is -2.55. The van der Waals surface area contributed by atoms with Gasteiger partial charge in [-0.3, -0.25) is 0 Å². The maximum atomic E-state index is 12.8. The number of aliphatic hydroxyl groups is 1. The molecule has 0 unspecified atom stereocenters. The van der Waals surface area contributed by atoms with E-state index < -0.39 is 30.7 Å². The molecule has 1 aromatic heterocycles. The quantitative estimate of drug-likeness (QED) is 0.875. The Morgan fingerprint density at radius 1 is 1.33 bits per heavy atom. The van der Waals surface area contributed by atoms with Gasteiger partial charge in [-0.25, -0.2) is 4.79 Å². The molecule has 0 bridgehead atoms. The van der Waals surface area contributed by atoms with Gasteiger partial charge in [0.1, 0.15) is 5.76 Å². The number of urea groups is 1. The highest BCUT2D eigenvalue weighted by Gasteiger charge is 2.54. The van der Waals surface area contributed by atoms with Crippen LogP contribution in [0.3, 0.4) is 0 Å². The van der Waals surface area contributed by atoms with Crippen LogP contribution in [0.15, 0.2) is 4.52 Å². The molecule has 2 rings (SSSR count). The fourth-order valence-electron chi connectivity index (χ4n) is 2.78. The second-order valence-corrected chi connectivity index (χ2v) is 5.91. The van der Waals surface area contributed by atoms with E-state index in [1.165, 1.54) is 4.90 Å². The lowest BCUT2D eigenvalue weighted by Gasteiger charge is -2.39. The number of piperidine rings is 1. The fourth-order valence-corrected chi connectivity index (χ4v) is 2.78. The normalized spacial score (nSPS) is 17.8. The number of rotatable bonds is 4. The first-order chi connectivity index (χ1) is 11.2. The molecule has 1 fully saturated rings. The molecule has 2 heterocycles. The molecule has 1 aliphatic heterocycles. The SMILES string of the molecule is CCc1noc(CC)c1CNC(=O)N1CCC(O)(C(F)(F)F)CC1. The van der Waals surface area contributed by atoms with Crippen LogP contribution in [0.1, 0.15) is 43.7 Å². The van der Waals surface area contributed by atoms with Crippen molar-refractivity contribution >= 4 is 6.03 Å². The number of aryl methyl sites for hydroxylation is 2. The molecule has 24 heavy (non-hydrogen) atoms. The van der Waals surface area contributed by atoms with Crippen molar-refractivity contribution in [3.63, 3.8) is 0 Å². The summed E-state index contributed by atoms with van der Waals surface area (Å²) in [6.07, 6.45) is -4.41. The van der Waals surface area contributed by atoms with Crippen LogP contribution in [-0.4, -0.2) is 46.1 Å². The Morgan fingerprint density at radius 2 is 1.96 bits per heavy atom. The van der Waals surface area contributed by atoms with Crippen LogP contribution in [0.2, 0.25) is 0 Å². The Morgan fingerprint density at radius 3 is 2.46 bits per heavy atom. The van der Waals surface area contributed by atoms with Crippen molar-refractivity contribution < 1.29 is 27.6 Å². The van der Waals surface area contributed by atoms with Crippen LogP contribution in [0, 0.1) is 0 Å². The summed E-state index contributed by atoms with van der Waals surface area (Å²) in [5.74, 6) is 0.692. The summed E-state index contributed by atoms with van der Waals surface area (Å²) in [4.78, 5) is 13.4. The molecule has 1 aliphatic rings. The number of likely N-dealkylation sites (tertiary alicyclic amines) is 1. The number of carbonyl (C=O) groups excluding carboxylic acids is 1. The molecule has 1 aromatic rings. The van der Waals surface area contributed by atoms with E-state index in [1.807, 2.05) is 13.8 Å². The first-order valence-corrected chi connectivity index (χ1v) is 8.00. The largest absolute Gasteiger partial charge is 0.417 e. The molecule has 9 heteroatoms. The first kappa shape index (κ1) is 18.6. The highest BCUT2D eigenvalue weighted by molar-refractivity contribution is 5.74. The van der Waals surface area contributed by atoms with Gasteiger partial charge in [0.2, 0.25) is 0 Å². The third kappa shape index (κ3) is 3.66. The molecule has 2 N–H and O–H groups in total. The summed E-state index contributed by atoms with van der Waals surface area (Å²) in [5, 5.41) is 16.3. The lowest BCUT2D eigenvalue weighted by molar-refractivity contribution is -0.271. The van der Waals surface area contributed by atoms with Crippen molar-refractivity contribution in [3.05, 3.63) is 17.0 Å². The van der Waals surface area contributed by atoms with E-state index >= 15 is 0 Å². The van der Waals surface area contributed by atoms with Gasteiger partial charge in [0.25, 0.3) is 0 Å². The van der Waals surface area contributed by atoms with Crippen molar-refractivity contribution in [3.8, 4) is 0 Å². The van der Waals surface area contributed by atoms with Crippen molar-refractivity contribution in [1.29, 1.82) is 0 Å². The van der Waals surface area contributed by atoms with Gasteiger partial charge >= 0.3 is 12.2 Å². The second-order valence-electron chi connectivity index (χ2n) is 5.91. The number of hydrogen-bond acceptors (Lipinski definition) is 4. The Balaban J connectivity index is 1.92. The topological polar surface area (TPSA) is 78.6 Å². The molecule has 0 atom stereocenters. The molecule has 2 amide bonds. The van der Waals surface area contributed by atoms with Gasteiger partial charge in [-0.15, -0.1) is 0 Å². The molecular weight excluding hydrogens is 327 g/mol. The summed E-state index contributed by atoms with van der Waals surface area (Å²) in [6.45, 7) is 3.76. The molecule has 1 saturated heterocycles. The van der Waals surface area contributed by atoms with Gasteiger partial charge in [0, 0.05) is 44.5 Å². The maximum Gasteiger partial charge on any atom is 0.417 e. The maximum absolute atomic E-state index is 12.8. The van der Waals surface area contributed by atoms with Gasteiger partial charge < -0.3 is 19.8 Å². The highest BCUT2D eigenvalue weighted by atomic mass is 19.4. The van der Waals surface area contributed by atoms with Crippen molar-refractivity contribution in [2.45, 2.75) is 57.9 Å². The number of carbonyl (C=O) groups is 1. The standard InChI is InChI=1S/C15H22F3N3O3/c1-3-11-10(12(4-2)24-20-11)9-19-13(22)21-7-5-14(23,6-8-21)15(16,17)18/h23H,3-9H2,1-2H3,(H,19,22). The van der Waals surface area contributed by atoms with E-state index in [0.29, 0.717) is 18.6 Å². The molecular formula is C15H22F3N3O3. The molecule has 6 nitrogen and oxygen atoms in total. The van der Waals surface area contributed by atoms with Crippen molar-refractivity contribution in [2.75, 3.05) is 13.1 Å². The predicted octanol–water partition coefficient (Wildman–Crippen LogP) is 2.40. The Hall–Kier alpha value is -1.77. The van der Waals surface area contributed by atoms with E-state index in [2.05, 4.69) is 10.5 Å². The van der Waals surface area contributed by atoms with Gasteiger partial charge in [0.05, 0.1) is 5.69 Å². The number of hydrogen-bond donors (Lipinski definition) is 2. The van der Waals surface area contributed by atoms with Gasteiger partial charge in [0.15, 0.2) is 5.60 Å². The highest BCUT2D eigenvalue weighted by Crippen LogP contribution is 2.38. The Kier molecular flexibility index (Phi) is 5.42. The minimum absolute atomic E-state index is 0.146. The minimum atomic E-state index is -4.68. The smallest absolute Gasteiger partial charge is 0.380 e. The van der Waals surface area contributed by atoms with Crippen LogP contribution in [0.5, 0.6) is 0 Å². The average molecular weight is 349 g/mol. The summed E-state index contributed by atoms with van der Waals surface area (Å²) in [6, 6.07) is -0.454. The molecule has 136 valence electrons. The van der Waals surface area contributed by atoms with Gasteiger partial charge in [-0.05, 0) is 6.42 Å². The van der Waals surface area contributed by atoms with Crippen molar-refractivity contribution in [1.82, 2.24) is 15.4 Å². The van der Waals surface area contributed by atoms with E-state index in [4.69, 9.17) is 4.52 Å². The van der Waals surface area contributed by atoms with Crippen molar-refractivity contribution in [2.24, 2.45) is 0 Å². The zero-order chi connectivity index (χ0) is 18.0. The summed E-state index contributed by atoms with van der Waals surface area (Å²) >= 11 is 0. The van der Waals surface area contributed by atoms with E-state index in [1.54, 1.807) is 0 Å². The second kappa shape index (κ2) is 7.00. The van der Waals surface area contributed by atoms with E-state index in [9.17, 15) is 23.1 Å². The minimum Gasteiger partial charge on any atom is -0.380 e. The van der Waals surface area contributed by atoms with E-state index in [-0.39, 0.29) is 19.6 Å². The van der Waals surface area contributed by atoms with E-state index in [0.717, 1.165) is 11.3 Å². The van der Waals surface area contributed by atoms with Crippen LogP contribution < -0.4 is 5.32 Å². The first-order valence-electron chi connectivity index (χ1n) is 8.00. The summed E-state index contributed by atoms with van der Waals surface area (Å²) in [7, 11) is 0. The van der Waals surface area contributed by atoms with Gasteiger partial charge in [-0.1, -0.05) is 19.0 Å². The number of nitrogens with one attached hydrogen (secondary N) is 1. The molecule has 0 spiro atoms. The Labute approximate surface area is 138 Å². The number of amides is 2. The third-order valence-corrected chi connectivity index (χ3v) is 4.43. The number of halogens is 3. The lowest BCUT2D eigenvalue weighted by atomic mass is 9.91. The number of nitrogens with zero attached hydrogens (tertiary/aromatic N) is 2. The molecule has 0 saturated carbocycles.